The summed E-state index contributed by atoms with van der Waals surface area (Å²) in [5, 5.41) is 9.37. The highest BCUT2D eigenvalue weighted by Gasteiger charge is 2.13. The van der Waals surface area contributed by atoms with Crippen LogP contribution in [-0.2, 0) is 6.54 Å². The lowest BCUT2D eigenvalue weighted by Crippen LogP contribution is -2.35. The maximum Gasteiger partial charge on any atom is 0.183 e. The number of hydrogen-bond acceptors (Lipinski definition) is 4. The third-order valence-electron chi connectivity index (χ3n) is 2.11. The molecule has 3 nitrogen and oxygen atoms in total. The zero-order valence-electron chi connectivity index (χ0n) is 9.27. The molecule has 1 N–H and O–H groups in total. The minimum Gasteiger partial charge on any atom is -0.392 e. The van der Waals surface area contributed by atoms with Crippen molar-refractivity contribution < 1.29 is 5.11 Å². The highest BCUT2D eigenvalue weighted by molar-refractivity contribution is 7.15. The van der Waals surface area contributed by atoms with E-state index in [4.69, 9.17) is 11.6 Å². The van der Waals surface area contributed by atoms with Crippen molar-refractivity contribution in [2.24, 2.45) is 0 Å². The SMILES string of the molecule is CC(O)CN(Cc1cnc(Cl)s1)C(C)C. The van der Waals surface area contributed by atoms with Gasteiger partial charge in [-0.25, -0.2) is 4.98 Å². The van der Waals surface area contributed by atoms with Gasteiger partial charge in [0.25, 0.3) is 0 Å². The summed E-state index contributed by atoms with van der Waals surface area (Å²) in [6, 6.07) is 0.403. The van der Waals surface area contributed by atoms with E-state index in [2.05, 4.69) is 23.7 Å². The first kappa shape index (κ1) is 12.9. The summed E-state index contributed by atoms with van der Waals surface area (Å²) in [5.74, 6) is 0. The molecule has 5 heteroatoms. The van der Waals surface area contributed by atoms with Gasteiger partial charge in [-0.15, -0.1) is 11.3 Å². The molecule has 0 bridgehead atoms. The molecule has 0 amide bonds. The summed E-state index contributed by atoms with van der Waals surface area (Å²) < 4.78 is 0.575. The molecule has 0 aliphatic rings. The van der Waals surface area contributed by atoms with E-state index in [0.717, 1.165) is 11.4 Å². The largest absolute Gasteiger partial charge is 0.392 e. The fourth-order valence-corrected chi connectivity index (χ4v) is 2.36. The molecule has 0 radical (unpaired) electrons. The second kappa shape index (κ2) is 5.80. The van der Waals surface area contributed by atoms with Crippen LogP contribution in [0.2, 0.25) is 4.47 Å². The lowest BCUT2D eigenvalue weighted by atomic mass is 10.2. The molecular formula is C10H17ClN2OS. The highest BCUT2D eigenvalue weighted by Crippen LogP contribution is 2.20. The van der Waals surface area contributed by atoms with Crippen LogP contribution >= 0.6 is 22.9 Å². The summed E-state index contributed by atoms with van der Waals surface area (Å²) in [5.41, 5.74) is 0. The van der Waals surface area contributed by atoms with E-state index in [9.17, 15) is 5.11 Å². The van der Waals surface area contributed by atoms with E-state index in [-0.39, 0.29) is 6.10 Å². The average Bonchev–Trinajstić information content (AvgIpc) is 2.49. The van der Waals surface area contributed by atoms with Crippen LogP contribution < -0.4 is 0 Å². The van der Waals surface area contributed by atoms with Crippen LogP contribution in [0.25, 0.3) is 0 Å². The van der Waals surface area contributed by atoms with Gasteiger partial charge in [0.1, 0.15) is 0 Å². The Hall–Kier alpha value is -0.160. The standard InChI is InChI=1S/C10H17ClN2OS/c1-7(2)13(5-8(3)14)6-9-4-12-10(11)15-9/h4,7-8,14H,5-6H2,1-3H3. The first-order chi connectivity index (χ1) is 6.99. The van der Waals surface area contributed by atoms with Gasteiger partial charge >= 0.3 is 0 Å². The molecule has 0 aliphatic heterocycles. The molecule has 86 valence electrons. The Morgan fingerprint density at radius 1 is 1.53 bits per heavy atom. The van der Waals surface area contributed by atoms with Gasteiger partial charge in [-0.3, -0.25) is 4.90 Å². The minimum atomic E-state index is -0.309. The lowest BCUT2D eigenvalue weighted by Gasteiger charge is -2.26. The summed E-state index contributed by atoms with van der Waals surface area (Å²) in [6.45, 7) is 7.51. The van der Waals surface area contributed by atoms with Gasteiger partial charge in [-0.05, 0) is 20.8 Å². The average molecular weight is 249 g/mol. The quantitative estimate of drug-likeness (QED) is 0.869. The number of halogens is 1. The number of rotatable bonds is 5. The number of aliphatic hydroxyl groups is 1. The van der Waals surface area contributed by atoms with Crippen molar-refractivity contribution in [1.29, 1.82) is 0 Å². The second-order valence-corrected chi connectivity index (χ2v) is 5.65. The Labute approximate surface area is 99.7 Å². The fourth-order valence-electron chi connectivity index (χ4n) is 1.35. The zero-order chi connectivity index (χ0) is 11.4. The molecule has 1 atom stereocenters. The first-order valence-corrected chi connectivity index (χ1v) is 6.20. The normalized spacial score (nSPS) is 13.8. The maximum absolute atomic E-state index is 9.37. The molecule has 1 heterocycles. The molecule has 1 aromatic heterocycles. The lowest BCUT2D eigenvalue weighted by molar-refractivity contribution is 0.103. The number of thiazole rings is 1. The zero-order valence-corrected chi connectivity index (χ0v) is 10.8. The molecule has 0 aliphatic carbocycles. The summed E-state index contributed by atoms with van der Waals surface area (Å²) >= 11 is 7.26. The van der Waals surface area contributed by atoms with Gasteiger partial charge < -0.3 is 5.11 Å². The predicted molar refractivity (Wildman–Crippen MR) is 64.4 cm³/mol. The number of aliphatic hydroxyl groups excluding tert-OH is 1. The van der Waals surface area contributed by atoms with E-state index in [0.29, 0.717) is 17.1 Å². The van der Waals surface area contributed by atoms with Crippen LogP contribution in [0.4, 0.5) is 0 Å². The topological polar surface area (TPSA) is 36.4 Å². The molecule has 15 heavy (non-hydrogen) atoms. The van der Waals surface area contributed by atoms with Gasteiger partial charge in [0, 0.05) is 30.2 Å². The predicted octanol–water partition coefficient (Wildman–Crippen LogP) is 2.39. The van der Waals surface area contributed by atoms with E-state index >= 15 is 0 Å². The van der Waals surface area contributed by atoms with E-state index in [1.54, 1.807) is 13.1 Å². The first-order valence-electron chi connectivity index (χ1n) is 5.01. The summed E-state index contributed by atoms with van der Waals surface area (Å²) in [4.78, 5) is 7.34. The Bertz CT molecular complexity index is 301. The van der Waals surface area contributed by atoms with Crippen LogP contribution in [-0.4, -0.2) is 33.7 Å². The molecular weight excluding hydrogens is 232 g/mol. The number of hydrogen-bond donors (Lipinski definition) is 1. The van der Waals surface area contributed by atoms with Gasteiger partial charge in [-0.1, -0.05) is 11.6 Å². The van der Waals surface area contributed by atoms with Crippen LogP contribution in [0.1, 0.15) is 25.6 Å². The van der Waals surface area contributed by atoms with Crippen molar-refractivity contribution in [3.63, 3.8) is 0 Å². The molecule has 1 rings (SSSR count). The molecule has 0 saturated heterocycles. The van der Waals surface area contributed by atoms with E-state index in [1.807, 2.05) is 0 Å². The maximum atomic E-state index is 9.37. The van der Waals surface area contributed by atoms with Crippen molar-refractivity contribution in [3.05, 3.63) is 15.5 Å². The van der Waals surface area contributed by atoms with Crippen LogP contribution in [0, 0.1) is 0 Å². The Kier molecular flexibility index (Phi) is 4.99. The fraction of sp³-hybridized carbons (Fsp3) is 0.700. The monoisotopic (exact) mass is 248 g/mol. The molecule has 0 aromatic carbocycles. The summed E-state index contributed by atoms with van der Waals surface area (Å²) in [7, 11) is 0. The second-order valence-electron chi connectivity index (χ2n) is 3.95. The third-order valence-corrected chi connectivity index (χ3v) is 3.21. The highest BCUT2D eigenvalue weighted by atomic mass is 35.5. The Morgan fingerprint density at radius 3 is 2.60 bits per heavy atom. The molecule has 0 spiro atoms. The minimum absolute atomic E-state index is 0.309. The van der Waals surface area contributed by atoms with Gasteiger partial charge in [0.2, 0.25) is 0 Å². The van der Waals surface area contributed by atoms with Gasteiger partial charge in [0.05, 0.1) is 6.10 Å². The van der Waals surface area contributed by atoms with Crippen molar-refractivity contribution >= 4 is 22.9 Å². The number of aromatic nitrogens is 1. The van der Waals surface area contributed by atoms with Crippen molar-refractivity contribution in [2.45, 2.75) is 39.5 Å². The van der Waals surface area contributed by atoms with Crippen molar-refractivity contribution in [1.82, 2.24) is 9.88 Å². The van der Waals surface area contributed by atoms with Crippen molar-refractivity contribution in [2.75, 3.05) is 6.54 Å². The Morgan fingerprint density at radius 2 is 2.20 bits per heavy atom. The third kappa shape index (κ3) is 4.47. The summed E-state index contributed by atoms with van der Waals surface area (Å²) in [6.07, 6.45) is 1.49. The van der Waals surface area contributed by atoms with Crippen molar-refractivity contribution in [3.8, 4) is 0 Å². The van der Waals surface area contributed by atoms with Gasteiger partial charge in [0.15, 0.2) is 4.47 Å². The molecule has 0 saturated carbocycles. The van der Waals surface area contributed by atoms with E-state index in [1.165, 1.54) is 11.3 Å². The van der Waals surface area contributed by atoms with Crippen LogP contribution in [0.15, 0.2) is 6.20 Å². The number of nitrogens with zero attached hydrogens (tertiary/aromatic N) is 2. The van der Waals surface area contributed by atoms with Crippen LogP contribution in [0.3, 0.4) is 0 Å². The molecule has 1 unspecified atom stereocenters. The van der Waals surface area contributed by atoms with Gasteiger partial charge in [-0.2, -0.15) is 0 Å². The Balaban J connectivity index is 2.58. The molecule has 0 fully saturated rings. The van der Waals surface area contributed by atoms with E-state index < -0.39 is 0 Å². The smallest absolute Gasteiger partial charge is 0.183 e. The van der Waals surface area contributed by atoms with Crippen LogP contribution in [0.5, 0.6) is 0 Å². The molecule has 1 aromatic rings.